The molecule has 0 saturated carbocycles. The molecular formula is C27H42Cl3FN4O3. The van der Waals surface area contributed by atoms with Crippen LogP contribution in [0.4, 0.5) is 4.39 Å². The Morgan fingerprint density at radius 2 is 1.82 bits per heavy atom. The van der Waals surface area contributed by atoms with Gasteiger partial charge >= 0.3 is 0 Å². The van der Waals surface area contributed by atoms with E-state index >= 15 is 4.39 Å². The van der Waals surface area contributed by atoms with Gasteiger partial charge in [0, 0.05) is 69.0 Å². The number of halogens is 4. The van der Waals surface area contributed by atoms with E-state index in [0.717, 1.165) is 12.8 Å². The number of nitrogens with two attached hydrogens (primary N) is 1. The summed E-state index contributed by atoms with van der Waals surface area (Å²) in [6.07, 6.45) is 2.49. The third kappa shape index (κ3) is 7.52. The lowest BCUT2D eigenvalue weighted by molar-refractivity contribution is -0.146. The van der Waals surface area contributed by atoms with Crippen molar-refractivity contribution >= 4 is 48.2 Å². The molecule has 3 fully saturated rings. The molecule has 3 aliphatic rings. The number of nitrogens with zero attached hydrogens (tertiary/aromatic N) is 3. The first kappa shape index (κ1) is 33.0. The van der Waals surface area contributed by atoms with Crippen LogP contribution in [0.3, 0.4) is 0 Å². The van der Waals surface area contributed by atoms with Gasteiger partial charge in [-0.15, -0.1) is 24.8 Å². The largest absolute Gasteiger partial charge is 0.381 e. The van der Waals surface area contributed by atoms with Gasteiger partial charge in [0.2, 0.25) is 11.8 Å². The SMILES string of the molecule is CC(C)CC(N)C(=O)N1CCN(C(=O)[C@@H]2CN(C3CCOCC3)C[C@H]2c2ccc(Cl)cc2F)[C@@H](C)C1.Cl.Cl. The van der Waals surface area contributed by atoms with E-state index in [-0.39, 0.29) is 60.3 Å². The molecule has 1 aromatic carbocycles. The minimum Gasteiger partial charge on any atom is -0.381 e. The molecule has 3 aliphatic heterocycles. The lowest BCUT2D eigenvalue weighted by Crippen LogP contribution is -2.59. The van der Waals surface area contributed by atoms with Crippen molar-refractivity contribution < 1.29 is 18.7 Å². The number of ether oxygens (including phenoxy) is 1. The standard InChI is InChI=1S/C27H40ClFN4O3.2ClH/c1-17(2)12-25(30)27(35)31-8-9-33(18(3)14-31)26(34)23-16-32(20-6-10-36-11-7-20)15-22(23)21-5-4-19(28)13-24(21)29;;/h4-5,13,17-18,20,22-23,25H,6-12,14-16,30H2,1-3H3;2*1H/t18-,22-,23+,25?;;/m0../s1. The van der Waals surface area contributed by atoms with E-state index in [1.807, 2.05) is 11.8 Å². The maximum absolute atomic E-state index is 15.0. The predicted molar refractivity (Wildman–Crippen MR) is 153 cm³/mol. The number of hydrogen-bond donors (Lipinski definition) is 1. The van der Waals surface area contributed by atoms with Gasteiger partial charge in [0.05, 0.1) is 12.0 Å². The van der Waals surface area contributed by atoms with Crippen LogP contribution < -0.4 is 5.73 Å². The molecule has 2 N–H and O–H groups in total. The lowest BCUT2D eigenvalue weighted by Gasteiger charge is -2.42. The molecule has 1 aromatic rings. The molecule has 7 nitrogen and oxygen atoms in total. The van der Waals surface area contributed by atoms with Gasteiger partial charge in [-0.25, -0.2) is 4.39 Å². The summed E-state index contributed by atoms with van der Waals surface area (Å²) in [6, 6.07) is 4.46. The van der Waals surface area contributed by atoms with Crippen LogP contribution in [0.15, 0.2) is 18.2 Å². The number of rotatable bonds is 6. The Hall–Kier alpha value is -1.16. The second-order valence-corrected chi connectivity index (χ2v) is 11.5. The van der Waals surface area contributed by atoms with E-state index < -0.39 is 6.04 Å². The first-order valence-electron chi connectivity index (χ1n) is 13.3. The van der Waals surface area contributed by atoms with Crippen LogP contribution in [0.1, 0.15) is 51.5 Å². The fourth-order valence-corrected chi connectivity index (χ4v) is 6.25. The van der Waals surface area contributed by atoms with Crippen LogP contribution in [0.2, 0.25) is 5.02 Å². The van der Waals surface area contributed by atoms with Crippen molar-refractivity contribution in [1.82, 2.24) is 14.7 Å². The molecule has 4 atom stereocenters. The van der Waals surface area contributed by atoms with Crippen molar-refractivity contribution in [3.05, 3.63) is 34.6 Å². The minimum atomic E-state index is -0.514. The van der Waals surface area contributed by atoms with Crippen LogP contribution in [0.25, 0.3) is 0 Å². The highest BCUT2D eigenvalue weighted by Gasteiger charge is 2.45. The first-order chi connectivity index (χ1) is 17.2. The van der Waals surface area contributed by atoms with Crippen molar-refractivity contribution in [2.75, 3.05) is 45.9 Å². The van der Waals surface area contributed by atoms with Crippen LogP contribution in [0, 0.1) is 17.7 Å². The normalized spacial score (nSPS) is 25.6. The number of benzene rings is 1. The van der Waals surface area contributed by atoms with E-state index in [2.05, 4.69) is 18.7 Å². The molecule has 0 spiro atoms. The third-order valence-electron chi connectivity index (χ3n) is 8.00. The number of piperazine rings is 1. The molecule has 2 amide bonds. The maximum atomic E-state index is 15.0. The molecule has 3 saturated heterocycles. The summed E-state index contributed by atoms with van der Waals surface area (Å²) >= 11 is 6.02. The zero-order valence-corrected chi connectivity index (χ0v) is 24.9. The Morgan fingerprint density at radius 3 is 2.42 bits per heavy atom. The summed E-state index contributed by atoms with van der Waals surface area (Å²) in [4.78, 5) is 32.8. The van der Waals surface area contributed by atoms with E-state index in [9.17, 15) is 9.59 Å². The van der Waals surface area contributed by atoms with Gasteiger partial charge < -0.3 is 20.3 Å². The Labute approximate surface area is 243 Å². The highest BCUT2D eigenvalue weighted by atomic mass is 35.5. The molecule has 11 heteroatoms. The topological polar surface area (TPSA) is 79.1 Å². The smallest absolute Gasteiger partial charge is 0.239 e. The summed E-state index contributed by atoms with van der Waals surface area (Å²) in [7, 11) is 0. The van der Waals surface area contributed by atoms with Crippen molar-refractivity contribution in [2.45, 2.75) is 64.1 Å². The third-order valence-corrected chi connectivity index (χ3v) is 8.23. The van der Waals surface area contributed by atoms with Crippen molar-refractivity contribution in [3.8, 4) is 0 Å². The van der Waals surface area contributed by atoms with E-state index in [0.29, 0.717) is 74.9 Å². The minimum absolute atomic E-state index is 0. The predicted octanol–water partition coefficient (Wildman–Crippen LogP) is 3.95. The highest BCUT2D eigenvalue weighted by molar-refractivity contribution is 6.30. The number of hydrogen-bond acceptors (Lipinski definition) is 5. The Balaban J connectivity index is 0.00000253. The van der Waals surface area contributed by atoms with Gasteiger partial charge in [-0.3, -0.25) is 14.5 Å². The first-order valence-corrected chi connectivity index (χ1v) is 13.6. The zero-order chi connectivity index (χ0) is 26.0. The molecule has 0 radical (unpaired) electrons. The molecule has 0 bridgehead atoms. The lowest BCUT2D eigenvalue weighted by atomic mass is 9.87. The number of amides is 2. The van der Waals surface area contributed by atoms with Crippen molar-refractivity contribution in [1.29, 1.82) is 0 Å². The van der Waals surface area contributed by atoms with Gasteiger partial charge in [-0.05, 0) is 49.8 Å². The van der Waals surface area contributed by atoms with E-state index in [4.69, 9.17) is 22.1 Å². The Kier molecular flexibility index (Phi) is 12.6. The van der Waals surface area contributed by atoms with Crippen LogP contribution in [0.5, 0.6) is 0 Å². The molecule has 38 heavy (non-hydrogen) atoms. The van der Waals surface area contributed by atoms with Gasteiger partial charge in [0.25, 0.3) is 0 Å². The van der Waals surface area contributed by atoms with Gasteiger partial charge in [-0.1, -0.05) is 31.5 Å². The maximum Gasteiger partial charge on any atom is 0.239 e. The summed E-state index contributed by atoms with van der Waals surface area (Å²) in [6.45, 7) is 10.1. The Morgan fingerprint density at radius 1 is 1.13 bits per heavy atom. The molecule has 1 unspecified atom stereocenters. The molecular weight excluding hydrogens is 554 g/mol. The van der Waals surface area contributed by atoms with E-state index in [1.165, 1.54) is 6.07 Å². The van der Waals surface area contributed by atoms with Crippen LogP contribution in [-0.2, 0) is 14.3 Å². The van der Waals surface area contributed by atoms with Crippen molar-refractivity contribution in [3.63, 3.8) is 0 Å². The number of carbonyl (C=O) groups excluding carboxylic acids is 2. The Bertz CT molecular complexity index is 950. The summed E-state index contributed by atoms with van der Waals surface area (Å²) in [5, 5.41) is 0.350. The zero-order valence-electron chi connectivity index (χ0n) is 22.5. The fourth-order valence-electron chi connectivity index (χ4n) is 6.09. The van der Waals surface area contributed by atoms with Gasteiger partial charge in [0.15, 0.2) is 0 Å². The molecule has 0 aromatic heterocycles. The van der Waals surface area contributed by atoms with Gasteiger partial charge in [-0.2, -0.15) is 0 Å². The number of carbonyl (C=O) groups is 2. The van der Waals surface area contributed by atoms with Crippen LogP contribution in [-0.4, -0.2) is 90.6 Å². The van der Waals surface area contributed by atoms with Crippen molar-refractivity contribution in [2.24, 2.45) is 17.6 Å². The summed E-state index contributed by atoms with van der Waals surface area (Å²) in [5.74, 6) is -0.622. The summed E-state index contributed by atoms with van der Waals surface area (Å²) in [5.41, 5.74) is 6.70. The average molecular weight is 596 g/mol. The quantitative estimate of drug-likeness (QED) is 0.539. The highest BCUT2D eigenvalue weighted by Crippen LogP contribution is 2.38. The molecule has 4 rings (SSSR count). The number of likely N-dealkylation sites (tertiary alicyclic amines) is 1. The molecule has 216 valence electrons. The van der Waals surface area contributed by atoms with E-state index in [1.54, 1.807) is 17.0 Å². The second kappa shape index (κ2) is 14.5. The van der Waals surface area contributed by atoms with Gasteiger partial charge in [0.1, 0.15) is 5.82 Å². The monoisotopic (exact) mass is 594 g/mol. The molecule has 0 aliphatic carbocycles. The van der Waals surface area contributed by atoms with Crippen LogP contribution >= 0.6 is 36.4 Å². The molecule has 3 heterocycles. The fraction of sp³-hybridized carbons (Fsp3) is 0.704. The summed E-state index contributed by atoms with van der Waals surface area (Å²) < 4.78 is 20.6. The average Bonchev–Trinajstić information content (AvgIpc) is 3.28. The second-order valence-electron chi connectivity index (χ2n) is 11.1.